The molecule has 0 saturated heterocycles. The number of benzene rings is 1. The highest BCUT2D eigenvalue weighted by molar-refractivity contribution is 9.10. The zero-order valence-electron chi connectivity index (χ0n) is 10.3. The van der Waals surface area contributed by atoms with Crippen LogP contribution in [-0.2, 0) is 0 Å². The van der Waals surface area contributed by atoms with Gasteiger partial charge in [-0.2, -0.15) is 0 Å². The Labute approximate surface area is 111 Å². The topological polar surface area (TPSA) is 12.0 Å². The van der Waals surface area contributed by atoms with Gasteiger partial charge in [0.25, 0.3) is 0 Å². The summed E-state index contributed by atoms with van der Waals surface area (Å²) in [7, 11) is 0. The van der Waals surface area contributed by atoms with Gasteiger partial charge in [0.15, 0.2) is 0 Å². The highest BCUT2D eigenvalue weighted by atomic mass is 79.9. The van der Waals surface area contributed by atoms with Gasteiger partial charge in [-0.1, -0.05) is 26.0 Å². The standard InChI is InChI=1S/C14H19BrFN/c1-3-17-13-8-7-10(9(13)2)11-5-4-6-12(15)14(11)16/h4-6,9-10,13,17H,3,7-8H2,1-2H3. The van der Waals surface area contributed by atoms with Gasteiger partial charge in [-0.3, -0.25) is 0 Å². The molecule has 1 aromatic rings. The summed E-state index contributed by atoms with van der Waals surface area (Å²) in [5.74, 6) is 0.761. The Morgan fingerprint density at radius 2 is 2.18 bits per heavy atom. The fraction of sp³-hybridized carbons (Fsp3) is 0.571. The van der Waals surface area contributed by atoms with Gasteiger partial charge in [-0.25, -0.2) is 4.39 Å². The lowest BCUT2D eigenvalue weighted by atomic mass is 9.88. The van der Waals surface area contributed by atoms with Crippen LogP contribution in [0.1, 0.15) is 38.2 Å². The molecule has 3 atom stereocenters. The summed E-state index contributed by atoms with van der Waals surface area (Å²) in [6.07, 6.45) is 2.22. The SMILES string of the molecule is CCNC1CCC(c2cccc(Br)c2F)C1C. The zero-order valence-corrected chi connectivity index (χ0v) is 11.9. The minimum atomic E-state index is -0.0819. The molecule has 0 bridgehead atoms. The minimum absolute atomic E-state index is 0.0819. The first-order valence-electron chi connectivity index (χ1n) is 6.32. The fourth-order valence-corrected chi connectivity index (χ4v) is 3.34. The first-order chi connectivity index (χ1) is 8.15. The first-order valence-corrected chi connectivity index (χ1v) is 7.11. The molecule has 1 nitrogen and oxygen atoms in total. The second-order valence-corrected chi connectivity index (χ2v) is 5.70. The van der Waals surface area contributed by atoms with Gasteiger partial charge in [-0.15, -0.1) is 0 Å². The lowest BCUT2D eigenvalue weighted by Crippen LogP contribution is -2.32. The van der Waals surface area contributed by atoms with E-state index in [2.05, 4.69) is 35.1 Å². The van der Waals surface area contributed by atoms with Crippen molar-refractivity contribution in [2.24, 2.45) is 5.92 Å². The quantitative estimate of drug-likeness (QED) is 0.887. The number of halogens is 2. The molecule has 0 amide bonds. The van der Waals surface area contributed by atoms with E-state index in [1.807, 2.05) is 12.1 Å². The Hall–Kier alpha value is -0.410. The zero-order chi connectivity index (χ0) is 12.4. The van der Waals surface area contributed by atoms with Crippen LogP contribution in [0.4, 0.5) is 4.39 Å². The maximum Gasteiger partial charge on any atom is 0.140 e. The molecule has 2 rings (SSSR count). The molecule has 1 aliphatic carbocycles. The molecule has 94 valence electrons. The third kappa shape index (κ3) is 2.55. The molecule has 1 aromatic carbocycles. The van der Waals surface area contributed by atoms with Crippen LogP contribution < -0.4 is 5.32 Å². The van der Waals surface area contributed by atoms with Crippen molar-refractivity contribution in [3.05, 3.63) is 34.1 Å². The molecule has 1 N–H and O–H groups in total. The van der Waals surface area contributed by atoms with Gasteiger partial charge in [0, 0.05) is 6.04 Å². The molecule has 3 heteroatoms. The maximum absolute atomic E-state index is 14.1. The molecule has 1 saturated carbocycles. The third-order valence-electron chi connectivity index (χ3n) is 3.91. The molecule has 1 fully saturated rings. The second-order valence-electron chi connectivity index (χ2n) is 4.85. The molecule has 0 aromatic heterocycles. The molecule has 0 spiro atoms. The smallest absolute Gasteiger partial charge is 0.140 e. The molecule has 3 unspecified atom stereocenters. The highest BCUT2D eigenvalue weighted by Crippen LogP contribution is 2.41. The monoisotopic (exact) mass is 299 g/mol. The molecular weight excluding hydrogens is 281 g/mol. The number of rotatable bonds is 3. The Bertz CT molecular complexity index is 394. The summed E-state index contributed by atoms with van der Waals surface area (Å²) in [5.41, 5.74) is 0.868. The van der Waals surface area contributed by atoms with Gasteiger partial charge in [0.1, 0.15) is 5.82 Å². The molecule has 0 aliphatic heterocycles. The van der Waals surface area contributed by atoms with E-state index in [9.17, 15) is 4.39 Å². The Morgan fingerprint density at radius 1 is 1.41 bits per heavy atom. The summed E-state index contributed by atoms with van der Waals surface area (Å²) in [5, 5.41) is 3.49. The van der Waals surface area contributed by atoms with Crippen LogP contribution in [0.15, 0.2) is 22.7 Å². The number of nitrogens with one attached hydrogen (secondary N) is 1. The average Bonchev–Trinajstić information content (AvgIpc) is 2.66. The van der Waals surface area contributed by atoms with Crippen molar-refractivity contribution in [3.8, 4) is 0 Å². The van der Waals surface area contributed by atoms with Crippen LogP contribution in [0.2, 0.25) is 0 Å². The highest BCUT2D eigenvalue weighted by Gasteiger charge is 2.34. The summed E-state index contributed by atoms with van der Waals surface area (Å²) in [6.45, 7) is 5.34. The van der Waals surface area contributed by atoms with Gasteiger partial charge in [0.05, 0.1) is 4.47 Å². The van der Waals surface area contributed by atoms with Crippen molar-refractivity contribution in [1.29, 1.82) is 0 Å². The largest absolute Gasteiger partial charge is 0.314 e. The van der Waals surface area contributed by atoms with Gasteiger partial charge in [0.2, 0.25) is 0 Å². The van der Waals surface area contributed by atoms with Crippen molar-refractivity contribution in [2.45, 2.75) is 38.6 Å². The maximum atomic E-state index is 14.1. The lowest BCUT2D eigenvalue weighted by molar-refractivity contribution is 0.405. The minimum Gasteiger partial charge on any atom is -0.314 e. The number of hydrogen-bond acceptors (Lipinski definition) is 1. The van der Waals surface area contributed by atoms with Crippen molar-refractivity contribution in [1.82, 2.24) is 5.32 Å². The van der Waals surface area contributed by atoms with E-state index < -0.39 is 0 Å². The molecule has 0 radical (unpaired) electrons. The second kappa shape index (κ2) is 5.49. The van der Waals surface area contributed by atoms with Crippen molar-refractivity contribution in [2.75, 3.05) is 6.54 Å². The van der Waals surface area contributed by atoms with E-state index >= 15 is 0 Å². The summed E-state index contributed by atoms with van der Waals surface area (Å²) < 4.78 is 14.7. The Balaban J connectivity index is 2.21. The van der Waals surface area contributed by atoms with Crippen LogP contribution in [-0.4, -0.2) is 12.6 Å². The van der Waals surface area contributed by atoms with E-state index in [0.29, 0.717) is 22.4 Å². The van der Waals surface area contributed by atoms with E-state index in [-0.39, 0.29) is 5.82 Å². The van der Waals surface area contributed by atoms with Crippen LogP contribution in [0.3, 0.4) is 0 Å². The van der Waals surface area contributed by atoms with E-state index in [0.717, 1.165) is 24.9 Å². The molecule has 1 aliphatic rings. The number of hydrogen-bond donors (Lipinski definition) is 1. The summed E-state index contributed by atoms with van der Waals surface area (Å²) in [4.78, 5) is 0. The Kier molecular flexibility index (Phi) is 4.21. The van der Waals surface area contributed by atoms with Gasteiger partial charge in [-0.05, 0) is 58.8 Å². The molecular formula is C14H19BrFN. The first kappa shape index (κ1) is 13.0. The van der Waals surface area contributed by atoms with E-state index in [1.165, 1.54) is 0 Å². The van der Waals surface area contributed by atoms with Crippen molar-refractivity contribution in [3.63, 3.8) is 0 Å². The molecule has 17 heavy (non-hydrogen) atoms. The summed E-state index contributed by atoms with van der Waals surface area (Å²) in [6, 6.07) is 6.15. The lowest BCUT2D eigenvalue weighted by Gasteiger charge is -2.22. The molecule has 0 heterocycles. The predicted molar refractivity (Wildman–Crippen MR) is 72.7 cm³/mol. The average molecular weight is 300 g/mol. The van der Waals surface area contributed by atoms with Crippen molar-refractivity contribution < 1.29 is 4.39 Å². The van der Waals surface area contributed by atoms with Crippen LogP contribution in [0.5, 0.6) is 0 Å². The van der Waals surface area contributed by atoms with Crippen molar-refractivity contribution >= 4 is 15.9 Å². The third-order valence-corrected chi connectivity index (χ3v) is 4.52. The van der Waals surface area contributed by atoms with Crippen LogP contribution in [0.25, 0.3) is 0 Å². The van der Waals surface area contributed by atoms with Crippen LogP contribution >= 0.6 is 15.9 Å². The fourth-order valence-electron chi connectivity index (χ4n) is 2.96. The Morgan fingerprint density at radius 3 is 2.88 bits per heavy atom. The van der Waals surface area contributed by atoms with Crippen LogP contribution in [0, 0.1) is 11.7 Å². The van der Waals surface area contributed by atoms with Gasteiger partial charge >= 0.3 is 0 Å². The van der Waals surface area contributed by atoms with E-state index in [4.69, 9.17) is 0 Å². The van der Waals surface area contributed by atoms with E-state index in [1.54, 1.807) is 6.07 Å². The van der Waals surface area contributed by atoms with Gasteiger partial charge < -0.3 is 5.32 Å². The predicted octanol–water partition coefficient (Wildman–Crippen LogP) is 4.08. The summed E-state index contributed by atoms with van der Waals surface area (Å²) >= 11 is 3.27. The normalized spacial score (nSPS) is 28.6.